The number of halogens is 1. The lowest BCUT2D eigenvalue weighted by Crippen LogP contribution is -2.37. The number of imide groups is 1. The molecule has 0 aromatic heterocycles. The molecule has 0 radical (unpaired) electrons. The average molecular weight is 466 g/mol. The van der Waals surface area contributed by atoms with Crippen LogP contribution in [0, 0.1) is 16.0 Å². The number of carbonyl (C=O) groups is 2. The molecule has 0 aliphatic carbocycles. The van der Waals surface area contributed by atoms with Gasteiger partial charge in [0, 0.05) is 16.7 Å². The highest BCUT2D eigenvalue weighted by molar-refractivity contribution is 6.31. The van der Waals surface area contributed by atoms with Crippen LogP contribution in [0.2, 0.25) is 5.02 Å². The quantitative estimate of drug-likeness (QED) is 0.352. The van der Waals surface area contributed by atoms with Gasteiger partial charge in [0.15, 0.2) is 6.10 Å². The number of fused-ring (bicyclic) bond motifs is 1. The summed E-state index contributed by atoms with van der Waals surface area (Å²) >= 11 is 5.93. The molecule has 2 aliphatic heterocycles. The lowest BCUT2D eigenvalue weighted by atomic mass is 9.90. The number of aromatic hydroxyl groups is 1. The van der Waals surface area contributed by atoms with E-state index in [2.05, 4.69) is 0 Å². The molecule has 2 fully saturated rings. The number of hydrogen-bond acceptors (Lipinski definition) is 7. The maximum atomic E-state index is 13.5. The number of rotatable bonds is 4. The van der Waals surface area contributed by atoms with E-state index >= 15 is 0 Å². The number of nitrogens with zero attached hydrogens (tertiary/aromatic N) is 3. The molecular weight excluding hydrogens is 450 g/mol. The minimum absolute atomic E-state index is 0.232. The lowest BCUT2D eigenvalue weighted by molar-refractivity contribution is -0.385. The first-order valence-electron chi connectivity index (χ1n) is 9.98. The predicted molar refractivity (Wildman–Crippen MR) is 119 cm³/mol. The van der Waals surface area contributed by atoms with Crippen molar-refractivity contribution in [2.24, 2.45) is 5.92 Å². The van der Waals surface area contributed by atoms with Gasteiger partial charge in [-0.25, -0.2) is 9.96 Å². The van der Waals surface area contributed by atoms with E-state index in [0.29, 0.717) is 16.4 Å². The van der Waals surface area contributed by atoms with Crippen molar-refractivity contribution in [3.8, 4) is 5.75 Å². The number of nitro benzene ring substituents is 1. The number of benzene rings is 3. The largest absolute Gasteiger partial charge is 0.507 e. The molecule has 5 rings (SSSR count). The molecule has 0 unspecified atom stereocenters. The number of para-hydroxylation sites is 1. The molecule has 0 bridgehead atoms. The van der Waals surface area contributed by atoms with E-state index in [0.717, 1.165) is 11.0 Å². The fourth-order valence-corrected chi connectivity index (χ4v) is 4.40. The first-order chi connectivity index (χ1) is 15.9. The summed E-state index contributed by atoms with van der Waals surface area (Å²) in [5.41, 5.74) is 0.851. The standard InChI is InChI=1S/C23H16ClN3O6/c24-13-6-8-14(9-7-13)25-22(29)19-20(17-11-10-16(27(31)32)12-18(17)28)26(33-21(19)23(25)30)15-4-2-1-3-5-15/h1-12,19-21,28H/t19-,20+,21-/m1/s1. The van der Waals surface area contributed by atoms with Crippen LogP contribution in [0.4, 0.5) is 17.1 Å². The Kier molecular flexibility index (Phi) is 4.99. The number of nitro groups is 1. The number of hydroxylamine groups is 1. The van der Waals surface area contributed by atoms with E-state index in [1.807, 2.05) is 0 Å². The molecule has 10 heteroatoms. The van der Waals surface area contributed by atoms with Crippen LogP contribution in [0.15, 0.2) is 72.8 Å². The number of phenolic OH excluding ortho intramolecular Hbond substituents is 1. The molecule has 0 saturated carbocycles. The second-order valence-electron chi connectivity index (χ2n) is 7.65. The number of carbonyl (C=O) groups excluding carboxylic acids is 2. The Labute approximate surface area is 192 Å². The Bertz CT molecular complexity index is 1270. The number of amides is 2. The van der Waals surface area contributed by atoms with Crippen molar-refractivity contribution in [3.63, 3.8) is 0 Å². The number of hydrogen-bond donors (Lipinski definition) is 1. The zero-order valence-corrected chi connectivity index (χ0v) is 17.6. The number of non-ortho nitro benzene ring substituents is 1. The first-order valence-corrected chi connectivity index (χ1v) is 10.4. The van der Waals surface area contributed by atoms with Gasteiger partial charge in [-0.2, -0.15) is 0 Å². The highest BCUT2D eigenvalue weighted by atomic mass is 35.5. The van der Waals surface area contributed by atoms with Crippen LogP contribution < -0.4 is 9.96 Å². The zero-order chi connectivity index (χ0) is 23.3. The molecule has 2 saturated heterocycles. The van der Waals surface area contributed by atoms with Crippen molar-refractivity contribution in [1.82, 2.24) is 0 Å². The van der Waals surface area contributed by atoms with E-state index < -0.39 is 34.8 Å². The van der Waals surface area contributed by atoms with Crippen molar-refractivity contribution >= 4 is 40.5 Å². The van der Waals surface area contributed by atoms with Crippen molar-refractivity contribution in [2.75, 3.05) is 9.96 Å². The smallest absolute Gasteiger partial charge is 0.273 e. The van der Waals surface area contributed by atoms with Crippen LogP contribution >= 0.6 is 11.6 Å². The van der Waals surface area contributed by atoms with Crippen LogP contribution in [0.3, 0.4) is 0 Å². The molecule has 1 N–H and O–H groups in total. The van der Waals surface area contributed by atoms with Crippen LogP contribution in [-0.4, -0.2) is 27.9 Å². The zero-order valence-electron chi connectivity index (χ0n) is 16.9. The summed E-state index contributed by atoms with van der Waals surface area (Å²) in [4.78, 5) is 44.3. The van der Waals surface area contributed by atoms with Gasteiger partial charge in [0.25, 0.3) is 11.6 Å². The number of anilines is 2. The summed E-state index contributed by atoms with van der Waals surface area (Å²) in [6.07, 6.45) is -1.13. The predicted octanol–water partition coefficient (Wildman–Crippen LogP) is 4.00. The van der Waals surface area contributed by atoms with Crippen molar-refractivity contribution in [3.05, 3.63) is 93.5 Å². The Morgan fingerprint density at radius 1 is 0.939 bits per heavy atom. The van der Waals surface area contributed by atoms with Crippen LogP contribution in [0.1, 0.15) is 11.6 Å². The van der Waals surface area contributed by atoms with Gasteiger partial charge < -0.3 is 5.11 Å². The van der Waals surface area contributed by atoms with Gasteiger partial charge >= 0.3 is 0 Å². The normalized spacial score (nSPS) is 22.0. The second-order valence-corrected chi connectivity index (χ2v) is 8.08. The molecule has 0 spiro atoms. The van der Waals surface area contributed by atoms with E-state index in [1.54, 1.807) is 54.6 Å². The maximum Gasteiger partial charge on any atom is 0.273 e. The Morgan fingerprint density at radius 2 is 1.64 bits per heavy atom. The molecule has 3 atom stereocenters. The first kappa shape index (κ1) is 20.9. The van der Waals surface area contributed by atoms with Gasteiger partial charge in [0.2, 0.25) is 5.91 Å². The molecule has 3 aromatic rings. The molecule has 33 heavy (non-hydrogen) atoms. The Balaban J connectivity index is 1.61. The SMILES string of the molecule is O=C1[C@H]2[C@@H](ON(c3ccccc3)[C@H]2c2ccc([N+](=O)[O-])cc2O)C(=O)N1c1ccc(Cl)cc1. The average Bonchev–Trinajstić information content (AvgIpc) is 3.31. The van der Waals surface area contributed by atoms with Crippen molar-refractivity contribution in [1.29, 1.82) is 0 Å². The van der Waals surface area contributed by atoms with Crippen molar-refractivity contribution in [2.45, 2.75) is 12.1 Å². The fraction of sp³-hybridized carbons (Fsp3) is 0.130. The van der Waals surface area contributed by atoms with Gasteiger partial charge in [0.05, 0.1) is 28.4 Å². The van der Waals surface area contributed by atoms with Crippen LogP contribution in [0.5, 0.6) is 5.75 Å². The molecule has 9 nitrogen and oxygen atoms in total. The summed E-state index contributed by atoms with van der Waals surface area (Å²) in [7, 11) is 0. The van der Waals surface area contributed by atoms with E-state index in [4.69, 9.17) is 16.4 Å². The topological polar surface area (TPSA) is 113 Å². The molecular formula is C23H16ClN3O6. The minimum Gasteiger partial charge on any atom is -0.507 e. The summed E-state index contributed by atoms with van der Waals surface area (Å²) in [5.74, 6) is -2.41. The third-order valence-electron chi connectivity index (χ3n) is 5.75. The molecule has 2 amide bonds. The summed E-state index contributed by atoms with van der Waals surface area (Å²) in [5, 5.41) is 23.6. The van der Waals surface area contributed by atoms with Crippen molar-refractivity contribution < 1.29 is 24.5 Å². The maximum absolute atomic E-state index is 13.5. The third kappa shape index (κ3) is 3.38. The Hall–Kier alpha value is -3.95. The number of phenols is 1. The van der Waals surface area contributed by atoms with Gasteiger partial charge in [-0.3, -0.25) is 24.5 Å². The molecule has 2 heterocycles. The van der Waals surface area contributed by atoms with E-state index in [1.165, 1.54) is 17.2 Å². The van der Waals surface area contributed by atoms with E-state index in [9.17, 15) is 24.8 Å². The van der Waals surface area contributed by atoms with E-state index in [-0.39, 0.29) is 17.0 Å². The molecule has 2 aliphatic rings. The lowest BCUT2D eigenvalue weighted by Gasteiger charge is -2.29. The van der Waals surface area contributed by atoms with Gasteiger partial charge in [0.1, 0.15) is 11.7 Å². The van der Waals surface area contributed by atoms with Crippen LogP contribution in [0.25, 0.3) is 0 Å². The highest BCUT2D eigenvalue weighted by Crippen LogP contribution is 2.49. The second kappa shape index (κ2) is 7.88. The minimum atomic E-state index is -1.13. The van der Waals surface area contributed by atoms with Gasteiger partial charge in [-0.1, -0.05) is 29.8 Å². The third-order valence-corrected chi connectivity index (χ3v) is 6.01. The van der Waals surface area contributed by atoms with Gasteiger partial charge in [-0.15, -0.1) is 0 Å². The summed E-state index contributed by atoms with van der Waals surface area (Å²) in [6.45, 7) is 0. The summed E-state index contributed by atoms with van der Waals surface area (Å²) < 4.78 is 0. The Morgan fingerprint density at radius 3 is 2.27 bits per heavy atom. The molecule has 3 aromatic carbocycles. The fourth-order valence-electron chi connectivity index (χ4n) is 4.27. The monoisotopic (exact) mass is 465 g/mol. The molecule has 166 valence electrons. The van der Waals surface area contributed by atoms with Gasteiger partial charge in [-0.05, 0) is 42.5 Å². The summed E-state index contributed by atoms with van der Waals surface area (Å²) in [6, 6.07) is 17.8. The van der Waals surface area contributed by atoms with Crippen LogP contribution in [-0.2, 0) is 14.4 Å². The highest BCUT2D eigenvalue weighted by Gasteiger charge is 2.60.